The molecule has 0 aliphatic carbocycles. The van der Waals surface area contributed by atoms with Crippen molar-refractivity contribution in [3.63, 3.8) is 0 Å². The molecule has 2 aromatic heterocycles. The highest BCUT2D eigenvalue weighted by Crippen LogP contribution is 2.31. The van der Waals surface area contributed by atoms with E-state index in [9.17, 15) is 4.79 Å². The smallest absolute Gasteiger partial charge is 0.275 e. The summed E-state index contributed by atoms with van der Waals surface area (Å²) in [5.41, 5.74) is 13.1. The highest BCUT2D eigenvalue weighted by molar-refractivity contribution is 5.94. The molecule has 0 saturated heterocycles. The van der Waals surface area contributed by atoms with Crippen LogP contribution in [0.25, 0.3) is 10.9 Å². The Bertz CT molecular complexity index is 675. The zero-order valence-corrected chi connectivity index (χ0v) is 9.23. The number of nitrogens with zero attached hydrogens (tertiary/aromatic N) is 2. The molecule has 3 heterocycles. The molecule has 0 spiro atoms. The van der Waals surface area contributed by atoms with E-state index in [1.54, 1.807) is 10.8 Å². The molecular weight excluding hydrogens is 218 g/mol. The first kappa shape index (κ1) is 9.95. The van der Waals surface area contributed by atoms with Crippen LogP contribution in [0, 0.1) is 0 Å². The Kier molecular flexibility index (Phi) is 1.98. The van der Waals surface area contributed by atoms with Crippen molar-refractivity contribution in [2.45, 2.75) is 19.4 Å². The van der Waals surface area contributed by atoms with E-state index in [0.29, 0.717) is 5.52 Å². The van der Waals surface area contributed by atoms with Crippen LogP contribution in [0.4, 0.5) is 5.69 Å². The summed E-state index contributed by atoms with van der Waals surface area (Å²) in [7, 11) is 0. The van der Waals surface area contributed by atoms with Gasteiger partial charge in [0.15, 0.2) is 5.96 Å². The normalized spacial score (nSPS) is 13.9. The van der Waals surface area contributed by atoms with Crippen LogP contribution in [-0.2, 0) is 13.0 Å². The molecule has 0 radical (unpaired) electrons. The number of aliphatic imine (C=N–C) groups is 1. The molecule has 0 atom stereocenters. The number of rotatable bonds is 1. The Morgan fingerprint density at radius 3 is 3.06 bits per heavy atom. The predicted molar refractivity (Wildman–Crippen MR) is 66.3 cm³/mol. The van der Waals surface area contributed by atoms with Gasteiger partial charge in [0.05, 0.1) is 5.69 Å². The van der Waals surface area contributed by atoms with Gasteiger partial charge in [0.2, 0.25) is 0 Å². The number of aromatic amines is 1. The lowest BCUT2D eigenvalue weighted by Crippen LogP contribution is -2.23. The average molecular weight is 231 g/mol. The largest absolute Gasteiger partial charge is 0.370 e. The van der Waals surface area contributed by atoms with Crippen molar-refractivity contribution in [2.24, 2.45) is 16.5 Å². The summed E-state index contributed by atoms with van der Waals surface area (Å²) in [6, 6.07) is 1.83. The molecule has 0 bridgehead atoms. The average Bonchev–Trinajstić information content (AvgIpc) is 2.92. The molecule has 0 aromatic carbocycles. The van der Waals surface area contributed by atoms with Gasteiger partial charge >= 0.3 is 0 Å². The number of pyridine rings is 1. The first-order valence-corrected chi connectivity index (χ1v) is 5.51. The maximum absolute atomic E-state index is 12.1. The molecule has 17 heavy (non-hydrogen) atoms. The third-order valence-electron chi connectivity index (χ3n) is 3.10. The van der Waals surface area contributed by atoms with Crippen LogP contribution in [-0.4, -0.2) is 15.5 Å². The second-order valence-corrected chi connectivity index (χ2v) is 4.16. The highest BCUT2D eigenvalue weighted by Gasteiger charge is 2.20. The molecule has 2 aromatic rings. The van der Waals surface area contributed by atoms with E-state index in [1.807, 2.05) is 6.07 Å². The fourth-order valence-corrected chi connectivity index (χ4v) is 2.43. The van der Waals surface area contributed by atoms with Gasteiger partial charge in [0.25, 0.3) is 5.56 Å². The van der Waals surface area contributed by atoms with Crippen molar-refractivity contribution in [2.75, 3.05) is 0 Å². The first-order valence-electron chi connectivity index (χ1n) is 5.51. The summed E-state index contributed by atoms with van der Waals surface area (Å²) in [6.45, 7) is 0.732. The van der Waals surface area contributed by atoms with Gasteiger partial charge in [-0.25, -0.2) is 4.99 Å². The van der Waals surface area contributed by atoms with Gasteiger partial charge in [0, 0.05) is 23.8 Å². The summed E-state index contributed by atoms with van der Waals surface area (Å²) in [4.78, 5) is 19.3. The second-order valence-electron chi connectivity index (χ2n) is 4.16. The quantitative estimate of drug-likeness (QED) is 0.482. The van der Waals surface area contributed by atoms with Gasteiger partial charge in [0.1, 0.15) is 5.52 Å². The molecule has 6 heteroatoms. The van der Waals surface area contributed by atoms with Gasteiger partial charge in [-0.2, -0.15) is 0 Å². The lowest BCUT2D eigenvalue weighted by atomic mass is 10.2. The van der Waals surface area contributed by atoms with Crippen LogP contribution in [0.2, 0.25) is 0 Å². The maximum atomic E-state index is 12.1. The summed E-state index contributed by atoms with van der Waals surface area (Å²) < 4.78 is 1.75. The Morgan fingerprint density at radius 1 is 1.47 bits per heavy atom. The van der Waals surface area contributed by atoms with E-state index in [1.165, 1.54) is 0 Å². The SMILES string of the molecule is NC(N)=Nc1c2n(c(=O)c3[nH]ccc13)CCC2. The molecule has 5 N–H and O–H groups in total. The number of nitrogens with two attached hydrogens (primary N) is 2. The molecule has 0 fully saturated rings. The highest BCUT2D eigenvalue weighted by atomic mass is 16.1. The topological polar surface area (TPSA) is 102 Å². The first-order chi connectivity index (χ1) is 8.18. The number of hydrogen-bond donors (Lipinski definition) is 3. The van der Waals surface area contributed by atoms with Crippen LogP contribution in [0.15, 0.2) is 22.1 Å². The van der Waals surface area contributed by atoms with Gasteiger partial charge < -0.3 is 21.0 Å². The van der Waals surface area contributed by atoms with Gasteiger partial charge in [-0.3, -0.25) is 4.79 Å². The third kappa shape index (κ3) is 1.33. The lowest BCUT2D eigenvalue weighted by Gasteiger charge is -2.08. The van der Waals surface area contributed by atoms with E-state index in [2.05, 4.69) is 9.98 Å². The predicted octanol–water partition coefficient (Wildman–Crippen LogP) is 0.181. The van der Waals surface area contributed by atoms with Crippen molar-refractivity contribution in [1.29, 1.82) is 0 Å². The van der Waals surface area contributed by atoms with E-state index in [0.717, 1.165) is 36.2 Å². The number of guanidine groups is 1. The summed E-state index contributed by atoms with van der Waals surface area (Å²) >= 11 is 0. The number of hydrogen-bond acceptors (Lipinski definition) is 2. The zero-order chi connectivity index (χ0) is 12.0. The number of fused-ring (bicyclic) bond motifs is 2. The minimum Gasteiger partial charge on any atom is -0.370 e. The van der Waals surface area contributed by atoms with Crippen molar-refractivity contribution in [3.8, 4) is 0 Å². The van der Waals surface area contributed by atoms with Crippen LogP contribution in [0.5, 0.6) is 0 Å². The Morgan fingerprint density at radius 2 is 2.29 bits per heavy atom. The van der Waals surface area contributed by atoms with Crippen LogP contribution in [0.3, 0.4) is 0 Å². The minimum absolute atomic E-state index is 0.00652. The summed E-state index contributed by atoms with van der Waals surface area (Å²) in [5.74, 6) is 0.0147. The Balaban J connectivity index is 2.47. The van der Waals surface area contributed by atoms with E-state index in [-0.39, 0.29) is 11.5 Å². The van der Waals surface area contributed by atoms with Crippen molar-refractivity contribution >= 4 is 22.5 Å². The molecule has 0 saturated carbocycles. The molecular formula is C11H13N5O. The number of aromatic nitrogens is 2. The van der Waals surface area contributed by atoms with Crippen molar-refractivity contribution in [3.05, 3.63) is 28.3 Å². The van der Waals surface area contributed by atoms with Gasteiger partial charge in [-0.15, -0.1) is 0 Å². The number of H-pyrrole nitrogens is 1. The molecule has 1 aliphatic heterocycles. The summed E-state index contributed by atoms with van der Waals surface area (Å²) in [5, 5.41) is 0.788. The van der Waals surface area contributed by atoms with Crippen molar-refractivity contribution in [1.82, 2.24) is 9.55 Å². The standard InChI is InChI=1S/C11H13N5O/c12-11(13)15-8-6-3-4-14-9(6)10(17)16-5-1-2-7(8)16/h3-4,14H,1-2,5H2,(H4,12,13,15). The number of nitrogens with one attached hydrogen (secondary N) is 1. The maximum Gasteiger partial charge on any atom is 0.275 e. The zero-order valence-electron chi connectivity index (χ0n) is 9.23. The third-order valence-corrected chi connectivity index (χ3v) is 3.10. The van der Waals surface area contributed by atoms with Crippen LogP contribution in [0.1, 0.15) is 12.1 Å². The fraction of sp³-hybridized carbons (Fsp3) is 0.273. The van der Waals surface area contributed by atoms with Crippen LogP contribution >= 0.6 is 0 Å². The fourth-order valence-electron chi connectivity index (χ4n) is 2.43. The van der Waals surface area contributed by atoms with Gasteiger partial charge in [-0.05, 0) is 18.9 Å². The monoisotopic (exact) mass is 231 g/mol. The molecule has 6 nitrogen and oxygen atoms in total. The lowest BCUT2D eigenvalue weighted by molar-refractivity contribution is 0.726. The Labute approximate surface area is 96.9 Å². The van der Waals surface area contributed by atoms with Crippen molar-refractivity contribution < 1.29 is 0 Å². The molecule has 0 amide bonds. The molecule has 88 valence electrons. The van der Waals surface area contributed by atoms with Gasteiger partial charge in [-0.1, -0.05) is 0 Å². The minimum atomic E-state index is 0.00652. The summed E-state index contributed by atoms with van der Waals surface area (Å²) in [6.07, 6.45) is 3.52. The van der Waals surface area contributed by atoms with Crippen LogP contribution < -0.4 is 17.0 Å². The molecule has 1 aliphatic rings. The second kappa shape index (κ2) is 3.38. The van der Waals surface area contributed by atoms with E-state index >= 15 is 0 Å². The van der Waals surface area contributed by atoms with E-state index in [4.69, 9.17) is 11.5 Å². The van der Waals surface area contributed by atoms with E-state index < -0.39 is 0 Å². The Hall–Kier alpha value is -2.24. The molecule has 3 rings (SSSR count). The molecule has 0 unspecified atom stereocenters.